The molecule has 0 bridgehead atoms. The summed E-state index contributed by atoms with van der Waals surface area (Å²) in [5.41, 5.74) is 6.21. The fraction of sp³-hybridized carbons (Fsp3) is 0.167. The zero-order valence-corrected chi connectivity index (χ0v) is 9.85. The number of nitrogens with two attached hydrogens (primary N) is 1. The first kappa shape index (κ1) is 12.1. The molecule has 0 spiro atoms. The molecule has 1 heterocycles. The first-order valence-corrected chi connectivity index (χ1v) is 5.38. The molecule has 18 heavy (non-hydrogen) atoms. The average Bonchev–Trinajstić information content (AvgIpc) is 2.76. The fourth-order valence-corrected chi connectivity index (χ4v) is 1.56. The van der Waals surface area contributed by atoms with Crippen molar-refractivity contribution < 1.29 is 9.18 Å². The molecule has 5 nitrogen and oxygen atoms in total. The minimum atomic E-state index is -0.597. The Kier molecular flexibility index (Phi) is 3.27. The number of carbonyl (C=O) groups excluding carboxylic acids is 1. The van der Waals surface area contributed by atoms with Gasteiger partial charge in [0.1, 0.15) is 5.82 Å². The van der Waals surface area contributed by atoms with Crippen molar-refractivity contribution in [2.45, 2.75) is 6.54 Å². The van der Waals surface area contributed by atoms with Crippen molar-refractivity contribution in [2.75, 3.05) is 5.73 Å². The molecular weight excluding hydrogens is 235 g/mol. The maximum atomic E-state index is 13.2. The monoisotopic (exact) mass is 248 g/mol. The van der Waals surface area contributed by atoms with Gasteiger partial charge in [0.15, 0.2) is 0 Å². The second-order valence-electron chi connectivity index (χ2n) is 3.86. The molecular formula is C12H13FN4O. The summed E-state index contributed by atoms with van der Waals surface area (Å²) < 4.78 is 14.8. The highest BCUT2D eigenvalue weighted by Crippen LogP contribution is 2.15. The maximum Gasteiger partial charge on any atom is 0.253 e. The van der Waals surface area contributed by atoms with Crippen LogP contribution in [0.15, 0.2) is 30.5 Å². The van der Waals surface area contributed by atoms with Crippen LogP contribution in [0.1, 0.15) is 16.1 Å². The number of nitrogens with one attached hydrogen (secondary N) is 1. The molecule has 1 aromatic carbocycles. The summed E-state index contributed by atoms with van der Waals surface area (Å²) in [5, 5.41) is 6.75. The van der Waals surface area contributed by atoms with E-state index in [9.17, 15) is 9.18 Å². The number of hydrogen-bond donors (Lipinski definition) is 2. The molecule has 0 aliphatic rings. The van der Waals surface area contributed by atoms with Crippen molar-refractivity contribution in [3.63, 3.8) is 0 Å². The molecule has 0 aliphatic heterocycles. The molecule has 94 valence electrons. The van der Waals surface area contributed by atoms with E-state index in [4.69, 9.17) is 5.73 Å². The van der Waals surface area contributed by atoms with Crippen molar-refractivity contribution in [1.82, 2.24) is 15.1 Å². The number of nitrogens with zero attached hydrogens (tertiary/aromatic N) is 2. The third kappa shape index (κ3) is 2.48. The number of carbonyl (C=O) groups is 1. The van der Waals surface area contributed by atoms with Crippen LogP contribution >= 0.6 is 0 Å². The van der Waals surface area contributed by atoms with Gasteiger partial charge in [-0.15, -0.1) is 0 Å². The molecule has 6 heteroatoms. The molecule has 2 rings (SSSR count). The summed E-state index contributed by atoms with van der Waals surface area (Å²) in [6, 6.07) is 5.92. The van der Waals surface area contributed by atoms with Crippen LogP contribution in [-0.2, 0) is 13.6 Å². The highest BCUT2D eigenvalue weighted by molar-refractivity contribution is 5.99. The standard InChI is InChI=1S/C12H13FN4O/c1-17-6-5-8(16-17)7-15-12(18)9-3-2-4-10(13)11(9)14/h2-6H,7,14H2,1H3,(H,15,18). The van der Waals surface area contributed by atoms with E-state index in [2.05, 4.69) is 10.4 Å². The minimum absolute atomic E-state index is 0.130. The smallest absolute Gasteiger partial charge is 0.253 e. The predicted molar refractivity (Wildman–Crippen MR) is 65.2 cm³/mol. The van der Waals surface area contributed by atoms with Gasteiger partial charge >= 0.3 is 0 Å². The Morgan fingerprint density at radius 1 is 1.50 bits per heavy atom. The number of benzene rings is 1. The van der Waals surface area contributed by atoms with Crippen LogP contribution < -0.4 is 11.1 Å². The SMILES string of the molecule is Cn1ccc(CNC(=O)c2cccc(F)c2N)n1. The Hall–Kier alpha value is -2.37. The van der Waals surface area contributed by atoms with Gasteiger partial charge < -0.3 is 11.1 Å². The largest absolute Gasteiger partial charge is 0.396 e. The van der Waals surface area contributed by atoms with E-state index >= 15 is 0 Å². The Balaban J connectivity index is 2.06. The third-order valence-corrected chi connectivity index (χ3v) is 2.50. The molecule has 1 aromatic heterocycles. The summed E-state index contributed by atoms with van der Waals surface area (Å²) >= 11 is 0. The van der Waals surface area contributed by atoms with Crippen molar-refractivity contribution in [2.24, 2.45) is 7.05 Å². The minimum Gasteiger partial charge on any atom is -0.396 e. The van der Waals surface area contributed by atoms with Crippen LogP contribution in [0.5, 0.6) is 0 Å². The second kappa shape index (κ2) is 4.87. The van der Waals surface area contributed by atoms with Gasteiger partial charge in [-0.05, 0) is 18.2 Å². The Morgan fingerprint density at radius 3 is 2.94 bits per heavy atom. The molecule has 0 atom stereocenters. The van der Waals surface area contributed by atoms with Gasteiger partial charge in [0.05, 0.1) is 23.5 Å². The van der Waals surface area contributed by atoms with Gasteiger partial charge in [-0.1, -0.05) is 6.07 Å². The quantitative estimate of drug-likeness (QED) is 0.798. The van der Waals surface area contributed by atoms with E-state index in [0.29, 0.717) is 0 Å². The topological polar surface area (TPSA) is 72.9 Å². The highest BCUT2D eigenvalue weighted by Gasteiger charge is 2.12. The van der Waals surface area contributed by atoms with E-state index in [-0.39, 0.29) is 17.8 Å². The van der Waals surface area contributed by atoms with Gasteiger partial charge in [-0.2, -0.15) is 5.10 Å². The van der Waals surface area contributed by atoms with E-state index < -0.39 is 11.7 Å². The number of amides is 1. The lowest BCUT2D eigenvalue weighted by Crippen LogP contribution is -2.24. The zero-order valence-electron chi connectivity index (χ0n) is 9.85. The first-order valence-electron chi connectivity index (χ1n) is 5.38. The van der Waals surface area contributed by atoms with Gasteiger partial charge in [0, 0.05) is 13.2 Å². The summed E-state index contributed by atoms with van der Waals surface area (Å²) in [4.78, 5) is 11.8. The van der Waals surface area contributed by atoms with Gasteiger partial charge in [-0.25, -0.2) is 4.39 Å². The van der Waals surface area contributed by atoms with Gasteiger partial charge in [0.25, 0.3) is 5.91 Å². The molecule has 1 amide bonds. The number of rotatable bonds is 3. The predicted octanol–water partition coefficient (Wildman–Crippen LogP) is 1.07. The van der Waals surface area contributed by atoms with E-state index in [0.717, 1.165) is 5.69 Å². The molecule has 0 aliphatic carbocycles. The van der Waals surface area contributed by atoms with Crippen LogP contribution in [0, 0.1) is 5.82 Å². The van der Waals surface area contributed by atoms with Crippen LogP contribution in [-0.4, -0.2) is 15.7 Å². The van der Waals surface area contributed by atoms with Crippen LogP contribution in [0.3, 0.4) is 0 Å². The molecule has 2 aromatic rings. The number of halogens is 1. The Labute approximate surface area is 103 Å². The Bertz CT molecular complexity index is 579. The summed E-state index contributed by atoms with van der Waals surface area (Å²) in [7, 11) is 1.79. The number of hydrogen-bond acceptors (Lipinski definition) is 3. The Morgan fingerprint density at radius 2 is 2.28 bits per heavy atom. The van der Waals surface area contributed by atoms with Gasteiger partial charge in [0.2, 0.25) is 0 Å². The summed E-state index contributed by atoms with van der Waals surface area (Å²) in [6.07, 6.45) is 1.78. The first-order chi connectivity index (χ1) is 8.58. The van der Waals surface area contributed by atoms with Crippen molar-refractivity contribution in [3.8, 4) is 0 Å². The lowest BCUT2D eigenvalue weighted by atomic mass is 10.1. The number of aromatic nitrogens is 2. The lowest BCUT2D eigenvalue weighted by Gasteiger charge is -2.06. The molecule has 0 fully saturated rings. The van der Waals surface area contributed by atoms with E-state index in [1.165, 1.54) is 18.2 Å². The van der Waals surface area contributed by atoms with Gasteiger partial charge in [-0.3, -0.25) is 9.48 Å². The third-order valence-electron chi connectivity index (χ3n) is 2.50. The molecule has 0 saturated carbocycles. The van der Waals surface area contributed by atoms with E-state index in [1.54, 1.807) is 24.0 Å². The summed E-state index contributed by atoms with van der Waals surface area (Å²) in [6.45, 7) is 0.273. The maximum absolute atomic E-state index is 13.2. The summed E-state index contributed by atoms with van der Waals surface area (Å²) in [5.74, 6) is -1.02. The normalized spacial score (nSPS) is 10.3. The fourth-order valence-electron chi connectivity index (χ4n) is 1.56. The second-order valence-corrected chi connectivity index (χ2v) is 3.86. The number of para-hydroxylation sites is 1. The average molecular weight is 248 g/mol. The van der Waals surface area contributed by atoms with E-state index in [1.807, 2.05) is 0 Å². The van der Waals surface area contributed by atoms with Crippen molar-refractivity contribution >= 4 is 11.6 Å². The van der Waals surface area contributed by atoms with Crippen LogP contribution in [0.2, 0.25) is 0 Å². The lowest BCUT2D eigenvalue weighted by molar-refractivity contribution is 0.0951. The van der Waals surface area contributed by atoms with Crippen LogP contribution in [0.4, 0.5) is 10.1 Å². The van der Waals surface area contributed by atoms with Crippen molar-refractivity contribution in [3.05, 3.63) is 47.5 Å². The number of nitrogen functional groups attached to an aromatic ring is 1. The molecule has 0 unspecified atom stereocenters. The number of anilines is 1. The highest BCUT2D eigenvalue weighted by atomic mass is 19.1. The number of aryl methyl sites for hydroxylation is 1. The molecule has 0 radical (unpaired) electrons. The van der Waals surface area contributed by atoms with Crippen LogP contribution in [0.25, 0.3) is 0 Å². The molecule has 3 N–H and O–H groups in total. The van der Waals surface area contributed by atoms with Crippen molar-refractivity contribution in [1.29, 1.82) is 0 Å². The zero-order chi connectivity index (χ0) is 13.1. The molecule has 0 saturated heterocycles.